The highest BCUT2D eigenvalue weighted by atomic mass is 35.5. The maximum atomic E-state index is 12.8. The molecular formula is C26H19ClN2O4. The summed E-state index contributed by atoms with van der Waals surface area (Å²) < 4.78 is 0. The van der Waals surface area contributed by atoms with Crippen LogP contribution in [0.4, 0.5) is 0 Å². The number of carboxylic acid groups (broad SMARTS) is 1. The first-order valence-electron chi connectivity index (χ1n) is 9.81. The molecule has 0 atom stereocenters. The van der Waals surface area contributed by atoms with Gasteiger partial charge in [0.25, 0.3) is 0 Å². The van der Waals surface area contributed by atoms with E-state index >= 15 is 0 Å². The van der Waals surface area contributed by atoms with Crippen LogP contribution in [0.1, 0.15) is 37.5 Å². The van der Waals surface area contributed by atoms with Gasteiger partial charge in [-0.25, -0.2) is 4.79 Å². The number of carbonyl (C=O) groups excluding carboxylic acids is 1. The van der Waals surface area contributed by atoms with Gasteiger partial charge in [0, 0.05) is 41.4 Å². The third-order valence-electron chi connectivity index (χ3n) is 4.47. The van der Waals surface area contributed by atoms with Gasteiger partial charge in [-0.1, -0.05) is 41.9 Å². The van der Waals surface area contributed by atoms with Crippen LogP contribution in [0.3, 0.4) is 0 Å². The number of carbonyl (C=O) groups is 2. The van der Waals surface area contributed by atoms with Gasteiger partial charge < -0.3 is 10.2 Å². The van der Waals surface area contributed by atoms with Crippen molar-refractivity contribution >= 4 is 35.2 Å². The van der Waals surface area contributed by atoms with Crippen LogP contribution in [0.25, 0.3) is 11.8 Å². The van der Waals surface area contributed by atoms with E-state index in [0.29, 0.717) is 33.0 Å². The number of aliphatic hydroxyl groups excluding tert-OH is 1. The number of hydrogen-bond acceptors (Lipinski definition) is 5. The first-order valence-corrected chi connectivity index (χ1v) is 10.2. The van der Waals surface area contributed by atoms with E-state index < -0.39 is 5.97 Å². The smallest absolute Gasteiger partial charge is 0.335 e. The maximum absolute atomic E-state index is 12.8. The second-order valence-electron chi connectivity index (χ2n) is 6.68. The third-order valence-corrected chi connectivity index (χ3v) is 4.80. The molecule has 0 amide bonds. The average Bonchev–Trinajstić information content (AvgIpc) is 2.86. The number of rotatable bonds is 5. The maximum Gasteiger partial charge on any atom is 0.335 e. The van der Waals surface area contributed by atoms with Crippen LogP contribution in [0.5, 0.6) is 0 Å². The van der Waals surface area contributed by atoms with E-state index in [1.807, 2.05) is 0 Å². The molecule has 2 N–H and O–H groups in total. The van der Waals surface area contributed by atoms with Crippen LogP contribution < -0.4 is 0 Å². The number of ketones is 1. The van der Waals surface area contributed by atoms with Gasteiger partial charge in [-0.3, -0.25) is 14.8 Å². The van der Waals surface area contributed by atoms with Crippen molar-refractivity contribution < 1.29 is 19.8 Å². The summed E-state index contributed by atoms with van der Waals surface area (Å²) in [5, 5.41) is 19.0. The molecule has 0 radical (unpaired) electrons. The lowest BCUT2D eigenvalue weighted by atomic mass is 10.0. The number of aliphatic hydroxyl groups is 1. The van der Waals surface area contributed by atoms with Crippen molar-refractivity contribution in [3.63, 3.8) is 0 Å². The summed E-state index contributed by atoms with van der Waals surface area (Å²) in [6.45, 7) is 0. The first kappa shape index (κ1) is 23.4. The minimum atomic E-state index is -0.879. The molecular weight excluding hydrogens is 440 g/mol. The summed E-state index contributed by atoms with van der Waals surface area (Å²) in [6.07, 6.45) is 6.18. The fraction of sp³-hybridized carbons (Fsp3) is 0. The van der Waals surface area contributed by atoms with Crippen molar-refractivity contribution in [3.8, 4) is 0 Å². The molecule has 0 unspecified atom stereocenters. The van der Waals surface area contributed by atoms with Crippen LogP contribution in [-0.2, 0) is 0 Å². The number of halogens is 1. The molecule has 0 saturated heterocycles. The van der Waals surface area contributed by atoms with E-state index in [0.717, 1.165) is 0 Å². The Morgan fingerprint density at radius 2 is 1.36 bits per heavy atom. The van der Waals surface area contributed by atoms with Gasteiger partial charge in [-0.2, -0.15) is 0 Å². The predicted octanol–water partition coefficient (Wildman–Crippen LogP) is 5.80. The Morgan fingerprint density at radius 3 is 2.00 bits per heavy atom. The minimum Gasteiger partial charge on any atom is -0.507 e. The molecule has 0 bridgehead atoms. The van der Waals surface area contributed by atoms with Gasteiger partial charge in [0.05, 0.1) is 16.3 Å². The number of aromatic carboxylic acids is 1. The topological polar surface area (TPSA) is 100 Å². The van der Waals surface area contributed by atoms with Crippen molar-refractivity contribution in [1.29, 1.82) is 0 Å². The quantitative estimate of drug-likeness (QED) is 0.289. The Hall–Kier alpha value is -4.29. The standard InChI is InChI=1S/C19H13ClN2O2.C7H6O2/c20-16-6-2-1-4-14(16)19(24)15-5-3-9-22-17(15)12-18(23)13-7-10-21-11-8-13;8-7(9)6-4-2-1-3-5-6/h1-12,23H;1-5H,(H,8,9)/b18-12+;. The van der Waals surface area contributed by atoms with Gasteiger partial charge in [-0.05, 0) is 48.5 Å². The summed E-state index contributed by atoms with van der Waals surface area (Å²) in [7, 11) is 0. The summed E-state index contributed by atoms with van der Waals surface area (Å²) in [6, 6.07) is 21.8. The number of aromatic nitrogens is 2. The highest BCUT2D eigenvalue weighted by Gasteiger charge is 2.16. The Morgan fingerprint density at radius 1 is 0.727 bits per heavy atom. The molecule has 0 saturated carbocycles. The highest BCUT2D eigenvalue weighted by molar-refractivity contribution is 6.35. The predicted molar refractivity (Wildman–Crippen MR) is 127 cm³/mol. The summed E-state index contributed by atoms with van der Waals surface area (Å²) >= 11 is 6.11. The number of nitrogens with zero attached hydrogens (tertiary/aromatic N) is 2. The van der Waals surface area contributed by atoms with Gasteiger partial charge in [0.15, 0.2) is 5.78 Å². The van der Waals surface area contributed by atoms with Gasteiger partial charge in [0.1, 0.15) is 5.76 Å². The normalized spacial score (nSPS) is 10.6. The van der Waals surface area contributed by atoms with E-state index in [1.165, 1.54) is 6.08 Å². The summed E-state index contributed by atoms with van der Waals surface area (Å²) in [5.74, 6) is -1.12. The molecule has 2 aromatic carbocycles. The Kier molecular flexibility index (Phi) is 8.05. The van der Waals surface area contributed by atoms with E-state index in [1.54, 1.807) is 97.5 Å². The van der Waals surface area contributed by atoms with E-state index in [9.17, 15) is 14.7 Å². The molecule has 7 heteroatoms. The second-order valence-corrected chi connectivity index (χ2v) is 7.09. The summed E-state index contributed by atoms with van der Waals surface area (Å²) in [5.41, 5.74) is 2.05. The van der Waals surface area contributed by atoms with E-state index in [-0.39, 0.29) is 11.5 Å². The molecule has 0 aliphatic carbocycles. The SMILES string of the molecule is O=C(O)c1ccccc1.O=C(c1ccccc1Cl)c1cccnc1/C=C(/O)c1ccncc1. The van der Waals surface area contributed by atoms with Crippen molar-refractivity contribution in [3.05, 3.63) is 130 Å². The third kappa shape index (κ3) is 6.35. The molecule has 2 aromatic heterocycles. The monoisotopic (exact) mass is 458 g/mol. The lowest BCUT2D eigenvalue weighted by Gasteiger charge is -2.07. The average molecular weight is 459 g/mol. The molecule has 0 fully saturated rings. The molecule has 164 valence electrons. The highest BCUT2D eigenvalue weighted by Crippen LogP contribution is 2.22. The first-order chi connectivity index (χ1) is 16.0. The Labute approximate surface area is 195 Å². The largest absolute Gasteiger partial charge is 0.507 e. The lowest BCUT2D eigenvalue weighted by Crippen LogP contribution is -2.05. The van der Waals surface area contributed by atoms with E-state index in [4.69, 9.17) is 16.7 Å². The fourth-order valence-electron chi connectivity index (χ4n) is 2.83. The van der Waals surface area contributed by atoms with Crippen LogP contribution in [0.15, 0.2) is 97.5 Å². The van der Waals surface area contributed by atoms with Crippen molar-refractivity contribution in [2.75, 3.05) is 0 Å². The molecule has 0 aliphatic heterocycles. The number of pyridine rings is 2. The van der Waals surface area contributed by atoms with Crippen LogP contribution in [0, 0.1) is 0 Å². The zero-order valence-electron chi connectivity index (χ0n) is 17.3. The molecule has 4 rings (SSSR count). The van der Waals surface area contributed by atoms with Gasteiger partial charge in [-0.15, -0.1) is 0 Å². The van der Waals surface area contributed by atoms with E-state index in [2.05, 4.69) is 9.97 Å². The molecule has 0 spiro atoms. The molecule has 6 nitrogen and oxygen atoms in total. The molecule has 4 aromatic rings. The van der Waals surface area contributed by atoms with Gasteiger partial charge >= 0.3 is 5.97 Å². The number of hydrogen-bond donors (Lipinski definition) is 2. The molecule has 0 aliphatic rings. The van der Waals surface area contributed by atoms with Crippen molar-refractivity contribution in [1.82, 2.24) is 9.97 Å². The van der Waals surface area contributed by atoms with Crippen LogP contribution in [0.2, 0.25) is 5.02 Å². The number of benzene rings is 2. The Bertz CT molecular complexity index is 1280. The minimum absolute atomic E-state index is 0.00399. The van der Waals surface area contributed by atoms with Crippen LogP contribution >= 0.6 is 11.6 Å². The number of carboxylic acids is 1. The van der Waals surface area contributed by atoms with Crippen molar-refractivity contribution in [2.24, 2.45) is 0 Å². The molecule has 2 heterocycles. The van der Waals surface area contributed by atoms with Gasteiger partial charge in [0.2, 0.25) is 0 Å². The zero-order chi connectivity index (χ0) is 23.6. The summed E-state index contributed by atoms with van der Waals surface area (Å²) in [4.78, 5) is 31.1. The zero-order valence-corrected chi connectivity index (χ0v) is 18.1. The Balaban J connectivity index is 0.000000286. The second kappa shape index (κ2) is 11.4. The van der Waals surface area contributed by atoms with Crippen molar-refractivity contribution in [2.45, 2.75) is 0 Å². The lowest BCUT2D eigenvalue weighted by molar-refractivity contribution is 0.0696. The fourth-order valence-corrected chi connectivity index (χ4v) is 3.05. The molecule has 33 heavy (non-hydrogen) atoms. The van der Waals surface area contributed by atoms with Crippen LogP contribution in [-0.4, -0.2) is 31.9 Å².